The topological polar surface area (TPSA) is 72.7 Å². The zero-order valence-corrected chi connectivity index (χ0v) is 16.3. The van der Waals surface area contributed by atoms with Crippen LogP contribution in [0.15, 0.2) is 72.9 Å². The molecule has 4 aromatic rings. The molecular formula is C24H19N3O3. The lowest BCUT2D eigenvalue weighted by atomic mass is 9.98. The molecule has 6 nitrogen and oxygen atoms in total. The van der Waals surface area contributed by atoms with Gasteiger partial charge < -0.3 is 10.1 Å². The van der Waals surface area contributed by atoms with Crippen LogP contribution < -0.4 is 5.32 Å². The molecule has 2 aromatic heterocycles. The third-order valence-electron chi connectivity index (χ3n) is 5.24. The minimum Gasteiger partial charge on any atom is -0.448 e. The van der Waals surface area contributed by atoms with Crippen molar-refractivity contribution in [2.24, 2.45) is 0 Å². The van der Waals surface area contributed by atoms with E-state index in [1.807, 2.05) is 72.1 Å². The summed E-state index contributed by atoms with van der Waals surface area (Å²) in [6, 6.07) is 20.8. The average molecular weight is 397 g/mol. The minimum absolute atomic E-state index is 0.337. The van der Waals surface area contributed by atoms with Crippen LogP contribution in [0.2, 0.25) is 0 Å². The number of amides is 1. The number of rotatable bonds is 3. The van der Waals surface area contributed by atoms with E-state index in [0.717, 1.165) is 22.3 Å². The number of aryl methyl sites for hydroxylation is 1. The fraction of sp³-hybridized carbons (Fsp3) is 0.125. The van der Waals surface area contributed by atoms with Crippen molar-refractivity contribution in [3.05, 3.63) is 89.6 Å². The Morgan fingerprint density at radius 1 is 1.07 bits per heavy atom. The van der Waals surface area contributed by atoms with Gasteiger partial charge in [-0.15, -0.1) is 0 Å². The van der Waals surface area contributed by atoms with E-state index in [2.05, 4.69) is 5.32 Å². The summed E-state index contributed by atoms with van der Waals surface area (Å²) < 4.78 is 7.28. The summed E-state index contributed by atoms with van der Waals surface area (Å²) >= 11 is 0. The van der Waals surface area contributed by atoms with Gasteiger partial charge in [-0.3, -0.25) is 9.20 Å². The number of ether oxygens (including phenoxy) is 1. The summed E-state index contributed by atoms with van der Waals surface area (Å²) in [6.45, 7) is 1.98. The standard InChI is InChI=1S/C24H19N3O3/c1-15-11-12-20-25-21(16-7-3-2-4-8-16)22(27(20)14-15)26-23(28)19-13-17-9-5-6-10-18(17)24(29)30-19/h2-12,14,19H,13H2,1H3,(H,26,28)/t19-/m0/s1. The maximum Gasteiger partial charge on any atom is 0.339 e. The number of benzene rings is 2. The molecule has 0 radical (unpaired) electrons. The van der Waals surface area contributed by atoms with Gasteiger partial charge in [0.25, 0.3) is 5.91 Å². The van der Waals surface area contributed by atoms with Crippen molar-refractivity contribution >= 4 is 23.3 Å². The summed E-state index contributed by atoms with van der Waals surface area (Å²) in [4.78, 5) is 30.1. The molecule has 6 heteroatoms. The summed E-state index contributed by atoms with van der Waals surface area (Å²) in [5, 5.41) is 2.96. The molecule has 30 heavy (non-hydrogen) atoms. The number of aromatic nitrogens is 2. The second kappa shape index (κ2) is 7.15. The highest BCUT2D eigenvalue weighted by molar-refractivity contribution is 6.01. The number of imidazole rings is 1. The molecule has 3 heterocycles. The average Bonchev–Trinajstić information content (AvgIpc) is 3.12. The Morgan fingerprint density at radius 3 is 2.67 bits per heavy atom. The lowest BCUT2D eigenvalue weighted by Gasteiger charge is -2.23. The number of anilines is 1. The van der Waals surface area contributed by atoms with Crippen LogP contribution >= 0.6 is 0 Å². The number of nitrogens with zero attached hydrogens (tertiary/aromatic N) is 2. The van der Waals surface area contributed by atoms with Gasteiger partial charge >= 0.3 is 5.97 Å². The van der Waals surface area contributed by atoms with Crippen LogP contribution in [0.5, 0.6) is 0 Å². The van der Waals surface area contributed by atoms with E-state index in [1.54, 1.807) is 12.1 Å². The van der Waals surface area contributed by atoms with Gasteiger partial charge in [-0.1, -0.05) is 54.6 Å². The van der Waals surface area contributed by atoms with Crippen molar-refractivity contribution in [1.29, 1.82) is 0 Å². The second-order valence-electron chi connectivity index (χ2n) is 7.35. The van der Waals surface area contributed by atoms with E-state index < -0.39 is 12.1 Å². The maximum atomic E-state index is 13.1. The van der Waals surface area contributed by atoms with Crippen molar-refractivity contribution < 1.29 is 14.3 Å². The molecule has 0 spiro atoms. The number of esters is 1. The number of fused-ring (bicyclic) bond motifs is 2. The first-order chi connectivity index (χ1) is 14.6. The summed E-state index contributed by atoms with van der Waals surface area (Å²) in [5.74, 6) is -0.299. The molecule has 5 rings (SSSR count). The van der Waals surface area contributed by atoms with Crippen molar-refractivity contribution in [1.82, 2.24) is 9.38 Å². The Labute approximate surface area is 173 Å². The minimum atomic E-state index is -0.897. The number of nitrogens with one attached hydrogen (secondary N) is 1. The normalized spacial score (nSPS) is 15.5. The molecule has 0 saturated carbocycles. The second-order valence-corrected chi connectivity index (χ2v) is 7.35. The Morgan fingerprint density at radius 2 is 1.83 bits per heavy atom. The number of carbonyl (C=O) groups is 2. The molecule has 0 unspecified atom stereocenters. The smallest absolute Gasteiger partial charge is 0.339 e. The van der Waals surface area contributed by atoms with Crippen LogP contribution in [0.1, 0.15) is 21.5 Å². The Balaban J connectivity index is 1.53. The van der Waals surface area contributed by atoms with Gasteiger partial charge in [0.05, 0.1) is 5.56 Å². The van der Waals surface area contributed by atoms with Gasteiger partial charge in [0.1, 0.15) is 17.2 Å². The number of hydrogen-bond donors (Lipinski definition) is 1. The summed E-state index contributed by atoms with van der Waals surface area (Å²) in [5.41, 5.74) is 4.63. The van der Waals surface area contributed by atoms with Gasteiger partial charge in [0.15, 0.2) is 6.10 Å². The molecule has 148 valence electrons. The molecule has 1 amide bonds. The summed E-state index contributed by atoms with van der Waals surface area (Å²) in [7, 11) is 0. The molecule has 1 aliphatic rings. The highest BCUT2D eigenvalue weighted by Crippen LogP contribution is 2.30. The molecule has 0 bridgehead atoms. The van der Waals surface area contributed by atoms with Crippen LogP contribution in [0.3, 0.4) is 0 Å². The SMILES string of the molecule is Cc1ccc2nc(-c3ccccc3)c(NC(=O)[C@@H]3Cc4ccccc4C(=O)O3)n2c1. The fourth-order valence-electron chi connectivity index (χ4n) is 3.74. The lowest BCUT2D eigenvalue weighted by Crippen LogP contribution is -2.38. The lowest BCUT2D eigenvalue weighted by molar-refractivity contribution is -0.125. The van der Waals surface area contributed by atoms with E-state index in [-0.39, 0.29) is 5.91 Å². The number of pyridine rings is 1. The van der Waals surface area contributed by atoms with Crippen molar-refractivity contribution in [3.63, 3.8) is 0 Å². The van der Waals surface area contributed by atoms with Crippen molar-refractivity contribution in [3.8, 4) is 11.3 Å². The molecular weight excluding hydrogens is 378 g/mol. The third kappa shape index (κ3) is 3.12. The maximum absolute atomic E-state index is 13.1. The van der Waals surface area contributed by atoms with Crippen LogP contribution in [0.25, 0.3) is 16.9 Å². The predicted octanol–water partition coefficient (Wildman–Crippen LogP) is 4.03. The first-order valence-electron chi connectivity index (χ1n) is 9.74. The van der Waals surface area contributed by atoms with Gasteiger partial charge in [-0.2, -0.15) is 0 Å². The monoisotopic (exact) mass is 397 g/mol. The molecule has 0 fully saturated rings. The van der Waals surface area contributed by atoms with Crippen molar-refractivity contribution in [2.75, 3.05) is 5.32 Å². The molecule has 2 aromatic carbocycles. The molecule has 1 N–H and O–H groups in total. The van der Waals surface area contributed by atoms with Crippen LogP contribution in [-0.2, 0) is 16.0 Å². The van der Waals surface area contributed by atoms with Gasteiger partial charge in [-0.25, -0.2) is 9.78 Å². The first-order valence-corrected chi connectivity index (χ1v) is 9.74. The van der Waals surface area contributed by atoms with Crippen LogP contribution in [0, 0.1) is 6.92 Å². The fourth-order valence-corrected chi connectivity index (χ4v) is 3.74. The third-order valence-corrected chi connectivity index (χ3v) is 5.24. The molecule has 1 aliphatic heterocycles. The number of carbonyl (C=O) groups excluding carboxylic acids is 2. The van der Waals surface area contributed by atoms with Crippen molar-refractivity contribution in [2.45, 2.75) is 19.4 Å². The van der Waals surface area contributed by atoms with Gasteiger partial charge in [0, 0.05) is 18.2 Å². The zero-order chi connectivity index (χ0) is 20.7. The first kappa shape index (κ1) is 18.1. The van der Waals surface area contributed by atoms with E-state index in [0.29, 0.717) is 23.5 Å². The van der Waals surface area contributed by atoms with Gasteiger partial charge in [-0.05, 0) is 30.2 Å². The summed E-state index contributed by atoms with van der Waals surface area (Å²) in [6.07, 6.45) is 1.36. The largest absolute Gasteiger partial charge is 0.448 e. The van der Waals surface area contributed by atoms with E-state index in [1.165, 1.54) is 0 Å². The predicted molar refractivity (Wildman–Crippen MR) is 113 cm³/mol. The van der Waals surface area contributed by atoms with Crippen LogP contribution in [-0.4, -0.2) is 27.4 Å². The molecule has 0 saturated heterocycles. The Kier molecular flexibility index (Phi) is 4.32. The highest BCUT2D eigenvalue weighted by Gasteiger charge is 2.32. The Bertz CT molecular complexity index is 1280. The van der Waals surface area contributed by atoms with E-state index in [4.69, 9.17) is 9.72 Å². The van der Waals surface area contributed by atoms with Crippen LogP contribution in [0.4, 0.5) is 5.82 Å². The van der Waals surface area contributed by atoms with E-state index >= 15 is 0 Å². The zero-order valence-electron chi connectivity index (χ0n) is 16.3. The highest BCUT2D eigenvalue weighted by atomic mass is 16.5. The number of cyclic esters (lactones) is 1. The number of hydrogen-bond acceptors (Lipinski definition) is 4. The van der Waals surface area contributed by atoms with Gasteiger partial charge in [0.2, 0.25) is 0 Å². The van der Waals surface area contributed by atoms with E-state index in [9.17, 15) is 9.59 Å². The molecule has 0 aliphatic carbocycles. The Hall–Kier alpha value is -3.93. The quantitative estimate of drug-likeness (QED) is 0.530. The molecule has 1 atom stereocenters.